The molecule has 4 aliphatic heterocycles. The second-order valence-electron chi connectivity index (χ2n) is 7.79. The van der Waals surface area contributed by atoms with E-state index in [0.29, 0.717) is 30.5 Å². The van der Waals surface area contributed by atoms with Gasteiger partial charge in [0.05, 0.1) is 18.7 Å². The fraction of sp³-hybridized carbons (Fsp3) is 0.524. The van der Waals surface area contributed by atoms with E-state index in [0.717, 1.165) is 25.1 Å². The molecular weight excluding hydrogens is 312 g/mol. The molecule has 0 aliphatic carbocycles. The van der Waals surface area contributed by atoms with Crippen molar-refractivity contribution in [3.63, 3.8) is 0 Å². The number of ether oxygens (including phenoxy) is 1. The first-order valence-electron chi connectivity index (χ1n) is 9.35. The Bertz CT molecular complexity index is 882. The molecule has 5 atom stereocenters. The van der Waals surface area contributed by atoms with Crippen molar-refractivity contribution in [2.45, 2.75) is 31.8 Å². The van der Waals surface area contributed by atoms with Crippen LogP contribution in [0, 0.1) is 11.8 Å². The minimum Gasteiger partial charge on any atom is -0.495 e. The quantitative estimate of drug-likeness (QED) is 0.855. The zero-order valence-corrected chi connectivity index (χ0v) is 15.2. The number of allylic oxidation sites excluding steroid dienone is 1. The molecule has 5 heterocycles. The van der Waals surface area contributed by atoms with E-state index >= 15 is 0 Å². The number of aliphatic hydroxyl groups is 1. The van der Waals surface area contributed by atoms with E-state index in [2.05, 4.69) is 47.7 Å². The number of aryl methyl sites for hydroxylation is 1. The third-order valence-corrected chi connectivity index (χ3v) is 7.02. The summed E-state index contributed by atoms with van der Waals surface area (Å²) < 4.78 is 8.02. The molecule has 25 heavy (non-hydrogen) atoms. The molecule has 4 bridgehead atoms. The summed E-state index contributed by atoms with van der Waals surface area (Å²) in [6.07, 6.45) is 4.44. The molecule has 0 radical (unpaired) electrons. The molecule has 4 aliphatic rings. The van der Waals surface area contributed by atoms with Gasteiger partial charge >= 0.3 is 0 Å². The summed E-state index contributed by atoms with van der Waals surface area (Å²) in [6.45, 7) is 3.50. The second kappa shape index (κ2) is 5.36. The van der Waals surface area contributed by atoms with E-state index in [1.807, 2.05) is 0 Å². The van der Waals surface area contributed by atoms with Gasteiger partial charge in [-0.2, -0.15) is 0 Å². The predicted octanol–water partition coefficient (Wildman–Crippen LogP) is 3.04. The Morgan fingerprint density at radius 3 is 2.92 bits per heavy atom. The highest BCUT2D eigenvalue weighted by Crippen LogP contribution is 2.55. The molecule has 1 aromatic heterocycles. The topological polar surface area (TPSA) is 37.6 Å². The second-order valence-corrected chi connectivity index (χ2v) is 7.79. The highest BCUT2D eigenvalue weighted by atomic mass is 16.5. The standard InChI is InChI=1S/C21H26N2O2/c1-4-12-10-23-17-9-15-13-6-5-7-19(25-3)21(13)22(2)20(15)18(23)8-14(12)16(17)11-24/h4-7,14,16-18,24H,8-11H2,1-3H3/b12-4-/t14-,16-,17-,18-/m0/s1. The third-order valence-electron chi connectivity index (χ3n) is 7.02. The van der Waals surface area contributed by atoms with Crippen LogP contribution in [-0.2, 0) is 13.5 Å². The summed E-state index contributed by atoms with van der Waals surface area (Å²) >= 11 is 0. The monoisotopic (exact) mass is 338 g/mol. The molecule has 1 unspecified atom stereocenters. The van der Waals surface area contributed by atoms with Crippen molar-refractivity contribution < 1.29 is 9.84 Å². The molecule has 6 rings (SSSR count). The van der Waals surface area contributed by atoms with Crippen molar-refractivity contribution >= 4 is 10.9 Å². The lowest BCUT2D eigenvalue weighted by Gasteiger charge is -2.58. The zero-order chi connectivity index (χ0) is 17.3. The van der Waals surface area contributed by atoms with Gasteiger partial charge in [0, 0.05) is 43.2 Å². The largest absolute Gasteiger partial charge is 0.495 e. The van der Waals surface area contributed by atoms with Crippen LogP contribution in [0.5, 0.6) is 5.75 Å². The summed E-state index contributed by atoms with van der Waals surface area (Å²) in [4.78, 5) is 2.66. The Balaban J connectivity index is 1.73. The lowest BCUT2D eigenvalue weighted by molar-refractivity contribution is -0.0513. The van der Waals surface area contributed by atoms with E-state index in [1.165, 1.54) is 27.7 Å². The summed E-state index contributed by atoms with van der Waals surface area (Å²) in [7, 11) is 3.94. The first-order valence-corrected chi connectivity index (χ1v) is 9.35. The molecule has 0 spiro atoms. The molecule has 2 aromatic rings. The Morgan fingerprint density at radius 2 is 2.20 bits per heavy atom. The fourth-order valence-corrected chi connectivity index (χ4v) is 5.96. The number of methoxy groups -OCH3 is 1. The molecule has 4 heteroatoms. The lowest BCUT2D eigenvalue weighted by atomic mass is 9.64. The Kier molecular flexibility index (Phi) is 3.32. The van der Waals surface area contributed by atoms with Gasteiger partial charge in [-0.05, 0) is 37.3 Å². The smallest absolute Gasteiger partial charge is 0.143 e. The highest BCUT2D eigenvalue weighted by Gasteiger charge is 2.53. The van der Waals surface area contributed by atoms with Crippen molar-refractivity contribution in [1.29, 1.82) is 0 Å². The zero-order valence-electron chi connectivity index (χ0n) is 15.2. The maximum atomic E-state index is 10.1. The molecule has 3 fully saturated rings. The molecule has 3 saturated heterocycles. The van der Waals surface area contributed by atoms with Gasteiger partial charge in [0.2, 0.25) is 0 Å². The fourth-order valence-electron chi connectivity index (χ4n) is 5.96. The first kappa shape index (κ1) is 15.5. The van der Waals surface area contributed by atoms with Gasteiger partial charge in [-0.3, -0.25) is 4.90 Å². The molecule has 1 aromatic carbocycles. The van der Waals surface area contributed by atoms with Crippen LogP contribution in [0.3, 0.4) is 0 Å². The Labute approximate surface area is 148 Å². The number of para-hydroxylation sites is 1. The molecule has 0 saturated carbocycles. The van der Waals surface area contributed by atoms with Crippen LogP contribution < -0.4 is 4.74 Å². The van der Waals surface area contributed by atoms with Crippen molar-refractivity contribution in [3.8, 4) is 5.75 Å². The van der Waals surface area contributed by atoms with Crippen molar-refractivity contribution in [3.05, 3.63) is 41.1 Å². The molecule has 0 amide bonds. The number of aromatic nitrogens is 1. The maximum Gasteiger partial charge on any atom is 0.143 e. The first-order chi connectivity index (χ1) is 12.2. The van der Waals surface area contributed by atoms with Crippen molar-refractivity contribution in [2.75, 3.05) is 20.3 Å². The normalized spacial score (nSPS) is 34.6. The van der Waals surface area contributed by atoms with Gasteiger partial charge < -0.3 is 14.4 Å². The van der Waals surface area contributed by atoms with E-state index in [-0.39, 0.29) is 0 Å². The van der Waals surface area contributed by atoms with Crippen LogP contribution in [0.1, 0.15) is 30.6 Å². The van der Waals surface area contributed by atoms with E-state index in [4.69, 9.17) is 4.74 Å². The summed E-state index contributed by atoms with van der Waals surface area (Å²) in [6, 6.07) is 7.31. The van der Waals surface area contributed by atoms with Crippen LogP contribution >= 0.6 is 0 Å². The van der Waals surface area contributed by atoms with Crippen LogP contribution in [0.25, 0.3) is 10.9 Å². The number of piperidine rings is 3. The van der Waals surface area contributed by atoms with Gasteiger partial charge in [-0.1, -0.05) is 23.8 Å². The Hall–Kier alpha value is -1.78. The van der Waals surface area contributed by atoms with Crippen LogP contribution in [0.4, 0.5) is 0 Å². The average Bonchev–Trinajstić information content (AvgIpc) is 2.94. The van der Waals surface area contributed by atoms with Crippen LogP contribution in [0.2, 0.25) is 0 Å². The number of rotatable bonds is 2. The molecule has 1 N–H and O–H groups in total. The minimum absolute atomic E-state index is 0.291. The number of hydrogen-bond donors (Lipinski definition) is 1. The molecular formula is C21H26N2O2. The van der Waals surface area contributed by atoms with E-state index < -0.39 is 0 Å². The summed E-state index contributed by atoms with van der Waals surface area (Å²) in [5.74, 6) is 1.85. The van der Waals surface area contributed by atoms with E-state index in [1.54, 1.807) is 7.11 Å². The lowest BCUT2D eigenvalue weighted by Crippen LogP contribution is -2.61. The number of hydrogen-bond acceptors (Lipinski definition) is 3. The van der Waals surface area contributed by atoms with Crippen molar-refractivity contribution in [2.24, 2.45) is 18.9 Å². The van der Waals surface area contributed by atoms with E-state index in [9.17, 15) is 5.11 Å². The van der Waals surface area contributed by atoms with Gasteiger partial charge in [0.15, 0.2) is 0 Å². The van der Waals surface area contributed by atoms with Crippen LogP contribution in [-0.4, -0.2) is 40.9 Å². The predicted molar refractivity (Wildman–Crippen MR) is 98.8 cm³/mol. The van der Waals surface area contributed by atoms with Gasteiger partial charge in [0.1, 0.15) is 5.75 Å². The number of fused-ring (bicyclic) bond motifs is 4. The van der Waals surface area contributed by atoms with Crippen LogP contribution in [0.15, 0.2) is 29.8 Å². The SMILES string of the molecule is C/C=C1/CN2[C@H]3C[C@@H]1[C@H](CO)[C@@H]2Cc1c3n(C)c2c(OC)cccc12. The number of aliphatic hydroxyl groups excluding tert-OH is 1. The van der Waals surface area contributed by atoms with Crippen molar-refractivity contribution in [1.82, 2.24) is 9.47 Å². The molecule has 4 nitrogen and oxygen atoms in total. The van der Waals surface area contributed by atoms with Gasteiger partial charge in [0.25, 0.3) is 0 Å². The highest BCUT2D eigenvalue weighted by molar-refractivity contribution is 5.91. The summed E-state index contributed by atoms with van der Waals surface area (Å²) in [5.41, 5.74) is 5.67. The van der Waals surface area contributed by atoms with Gasteiger partial charge in [-0.25, -0.2) is 0 Å². The maximum absolute atomic E-state index is 10.1. The Morgan fingerprint density at radius 1 is 1.36 bits per heavy atom. The number of benzene rings is 1. The van der Waals surface area contributed by atoms with Gasteiger partial charge in [-0.15, -0.1) is 0 Å². The average molecular weight is 338 g/mol. The molecule has 132 valence electrons. The third kappa shape index (κ3) is 1.84. The number of nitrogens with zero attached hydrogens (tertiary/aromatic N) is 2. The minimum atomic E-state index is 0.291. The summed E-state index contributed by atoms with van der Waals surface area (Å²) in [5, 5.41) is 11.4.